The molecule has 1 aromatic carbocycles. The summed E-state index contributed by atoms with van der Waals surface area (Å²) in [4.78, 5) is 0. The molecule has 0 amide bonds. The zero-order chi connectivity index (χ0) is 22.0. The molecule has 0 spiro atoms. The van der Waals surface area contributed by atoms with Crippen LogP contribution in [0.15, 0.2) is 60.7 Å². The average Bonchev–Trinajstić information content (AvgIpc) is 3.01. The van der Waals surface area contributed by atoms with Crippen LogP contribution in [-0.2, 0) is 17.7 Å². The molecule has 2 aliphatic carbocycles. The number of hydrogen-bond donors (Lipinski definition) is 5. The van der Waals surface area contributed by atoms with Gasteiger partial charge < -0.3 is 30.5 Å². The van der Waals surface area contributed by atoms with E-state index in [1.165, 1.54) is 16.7 Å². The topological polar surface area (TPSA) is 102 Å². The van der Waals surface area contributed by atoms with Crippen molar-refractivity contribution >= 4 is 0 Å². The molecule has 1 aromatic rings. The molecule has 4 rings (SSSR count). The van der Waals surface area contributed by atoms with Crippen molar-refractivity contribution in [3.05, 3.63) is 82.9 Å². The van der Waals surface area contributed by atoms with E-state index in [0.29, 0.717) is 13.0 Å². The fraction of sp³-hybridized carbons (Fsp3) is 0.360. The minimum Gasteiger partial charge on any atom is -0.394 e. The van der Waals surface area contributed by atoms with Crippen LogP contribution in [0.2, 0.25) is 0 Å². The van der Waals surface area contributed by atoms with Crippen molar-refractivity contribution < 1.29 is 25.2 Å². The largest absolute Gasteiger partial charge is 0.394 e. The first kappa shape index (κ1) is 21.9. The molecular formula is C25H29NO5. The highest BCUT2D eigenvalue weighted by Crippen LogP contribution is 2.35. The summed E-state index contributed by atoms with van der Waals surface area (Å²) in [6.07, 6.45) is -5.14. The molecule has 6 nitrogen and oxygen atoms in total. The van der Waals surface area contributed by atoms with Crippen LogP contribution in [0.25, 0.3) is 11.1 Å². The highest BCUT2D eigenvalue weighted by molar-refractivity contribution is 5.68. The Morgan fingerprint density at radius 3 is 2.19 bits per heavy atom. The summed E-state index contributed by atoms with van der Waals surface area (Å²) in [6, 6.07) is 20.6. The quantitative estimate of drug-likeness (QED) is 0.413. The fourth-order valence-electron chi connectivity index (χ4n) is 4.35. The van der Waals surface area contributed by atoms with E-state index in [0.717, 1.165) is 16.7 Å². The monoisotopic (exact) mass is 423 g/mol. The van der Waals surface area contributed by atoms with E-state index < -0.39 is 37.1 Å². The first-order valence-corrected chi connectivity index (χ1v) is 10.6. The van der Waals surface area contributed by atoms with Gasteiger partial charge in [-0.2, -0.15) is 0 Å². The maximum absolute atomic E-state index is 10.6. The molecule has 164 valence electrons. The van der Waals surface area contributed by atoms with Crippen molar-refractivity contribution in [1.82, 2.24) is 5.32 Å². The zero-order valence-electron chi connectivity index (χ0n) is 17.5. The molecule has 0 bridgehead atoms. The third-order valence-corrected chi connectivity index (χ3v) is 5.97. The SMILES string of the molecule is CNCc1ccc(Cc2cc3cccccc-3c2)cc1[C@@H]1O[C@H](CO)[C@@H](O)[C@H](O)[C@H]1O. The molecule has 0 unspecified atom stereocenters. The van der Waals surface area contributed by atoms with Gasteiger partial charge in [-0.25, -0.2) is 0 Å². The highest BCUT2D eigenvalue weighted by Gasteiger charge is 2.44. The van der Waals surface area contributed by atoms with Crippen LogP contribution in [-0.4, -0.2) is 58.5 Å². The number of fused-ring (bicyclic) bond motifs is 1. The molecule has 31 heavy (non-hydrogen) atoms. The van der Waals surface area contributed by atoms with Crippen LogP contribution in [0.1, 0.15) is 28.4 Å². The van der Waals surface area contributed by atoms with Crippen LogP contribution >= 0.6 is 0 Å². The lowest BCUT2D eigenvalue weighted by atomic mass is 9.87. The highest BCUT2D eigenvalue weighted by atomic mass is 16.5. The Morgan fingerprint density at radius 1 is 0.839 bits per heavy atom. The van der Waals surface area contributed by atoms with Crippen molar-refractivity contribution in [2.75, 3.05) is 13.7 Å². The molecule has 6 heteroatoms. The summed E-state index contributed by atoms with van der Waals surface area (Å²) >= 11 is 0. The first-order chi connectivity index (χ1) is 15.0. The number of rotatable bonds is 6. The third kappa shape index (κ3) is 4.50. The van der Waals surface area contributed by atoms with Crippen LogP contribution in [0.5, 0.6) is 0 Å². The Labute approximate surface area is 182 Å². The second kappa shape index (κ2) is 9.44. The number of hydrogen-bond acceptors (Lipinski definition) is 6. The zero-order valence-corrected chi connectivity index (χ0v) is 17.5. The molecular weight excluding hydrogens is 394 g/mol. The summed E-state index contributed by atoms with van der Waals surface area (Å²) in [6.45, 7) is 0.113. The number of nitrogens with one attached hydrogen (secondary N) is 1. The second-order valence-electron chi connectivity index (χ2n) is 8.17. The van der Waals surface area contributed by atoms with Gasteiger partial charge in [0.05, 0.1) is 6.61 Å². The van der Waals surface area contributed by atoms with Crippen LogP contribution in [0.3, 0.4) is 0 Å². The Bertz CT molecular complexity index is 960. The number of aliphatic hydroxyl groups excluding tert-OH is 4. The van der Waals surface area contributed by atoms with E-state index in [1.807, 2.05) is 37.4 Å². The molecule has 1 heterocycles. The standard InChI is InChI=1S/C25H29NO5/c1-26-13-19-8-7-15(9-16-10-17-5-3-2-4-6-18(17)11-16)12-20(19)25-24(30)23(29)22(28)21(14-27)31-25/h2-8,10-12,21-30H,9,13-14H2,1H3/t21-,22-,23+,24-,25+/m1/s1. The molecule has 0 radical (unpaired) electrons. The van der Waals surface area contributed by atoms with Gasteiger partial charge in [-0.05, 0) is 46.8 Å². The molecule has 0 aromatic heterocycles. The van der Waals surface area contributed by atoms with Crippen molar-refractivity contribution in [3.63, 3.8) is 0 Å². The molecule has 5 atom stereocenters. The van der Waals surface area contributed by atoms with E-state index in [2.05, 4.69) is 35.6 Å². The number of ether oxygens (including phenoxy) is 1. The van der Waals surface area contributed by atoms with Crippen molar-refractivity contribution in [2.24, 2.45) is 0 Å². The number of aliphatic hydroxyl groups is 4. The lowest BCUT2D eigenvalue weighted by Crippen LogP contribution is -2.55. The van der Waals surface area contributed by atoms with Crippen LogP contribution in [0, 0.1) is 0 Å². The molecule has 1 saturated heterocycles. The van der Waals surface area contributed by atoms with E-state index in [-0.39, 0.29) is 0 Å². The third-order valence-electron chi connectivity index (χ3n) is 5.97. The molecule has 1 aliphatic heterocycles. The Balaban J connectivity index is 1.67. The van der Waals surface area contributed by atoms with Gasteiger partial charge in [-0.15, -0.1) is 0 Å². The summed E-state index contributed by atoms with van der Waals surface area (Å²) in [5, 5.41) is 43.7. The average molecular weight is 424 g/mol. The minimum absolute atomic E-state index is 0.444. The first-order valence-electron chi connectivity index (χ1n) is 10.6. The lowest BCUT2D eigenvalue weighted by molar-refractivity contribution is -0.231. The lowest BCUT2D eigenvalue weighted by Gasteiger charge is -2.41. The van der Waals surface area contributed by atoms with Gasteiger partial charge in [0.2, 0.25) is 0 Å². The summed E-state index contributed by atoms with van der Waals surface area (Å²) in [5.74, 6) is 0. The van der Waals surface area contributed by atoms with Gasteiger partial charge in [0.15, 0.2) is 0 Å². The van der Waals surface area contributed by atoms with E-state index >= 15 is 0 Å². The van der Waals surface area contributed by atoms with Gasteiger partial charge in [0.1, 0.15) is 30.5 Å². The predicted octanol–water partition coefficient (Wildman–Crippen LogP) is 1.62. The maximum Gasteiger partial charge on any atom is 0.113 e. The van der Waals surface area contributed by atoms with E-state index in [1.54, 1.807) is 0 Å². The van der Waals surface area contributed by atoms with Gasteiger partial charge in [-0.1, -0.05) is 60.7 Å². The van der Waals surface area contributed by atoms with E-state index in [9.17, 15) is 20.4 Å². The molecule has 0 saturated carbocycles. The van der Waals surface area contributed by atoms with Gasteiger partial charge in [0, 0.05) is 6.54 Å². The minimum atomic E-state index is -1.40. The summed E-state index contributed by atoms with van der Waals surface area (Å²) in [5.41, 5.74) is 6.26. The van der Waals surface area contributed by atoms with Crippen molar-refractivity contribution in [1.29, 1.82) is 0 Å². The van der Waals surface area contributed by atoms with Crippen LogP contribution < -0.4 is 5.32 Å². The van der Waals surface area contributed by atoms with Crippen molar-refractivity contribution in [3.8, 4) is 11.1 Å². The van der Waals surface area contributed by atoms with Gasteiger partial charge >= 0.3 is 0 Å². The normalized spacial score (nSPS) is 26.3. The maximum atomic E-state index is 10.6. The van der Waals surface area contributed by atoms with Gasteiger partial charge in [-0.3, -0.25) is 0 Å². The van der Waals surface area contributed by atoms with Crippen molar-refractivity contribution in [2.45, 2.75) is 43.5 Å². The molecule has 1 fully saturated rings. The van der Waals surface area contributed by atoms with Gasteiger partial charge in [0.25, 0.3) is 0 Å². The number of benzene rings is 1. The Kier molecular flexibility index (Phi) is 6.67. The van der Waals surface area contributed by atoms with E-state index in [4.69, 9.17) is 4.74 Å². The Hall–Kier alpha value is -2.32. The second-order valence-corrected chi connectivity index (χ2v) is 8.17. The molecule has 3 aliphatic rings. The smallest absolute Gasteiger partial charge is 0.113 e. The summed E-state index contributed by atoms with van der Waals surface area (Å²) in [7, 11) is 1.83. The Morgan fingerprint density at radius 2 is 1.55 bits per heavy atom. The van der Waals surface area contributed by atoms with Crippen LogP contribution in [0.4, 0.5) is 0 Å². The molecule has 5 N–H and O–H groups in total. The predicted molar refractivity (Wildman–Crippen MR) is 118 cm³/mol. The fourth-order valence-corrected chi connectivity index (χ4v) is 4.35. The summed E-state index contributed by atoms with van der Waals surface area (Å²) < 4.78 is 5.83.